The van der Waals surface area contributed by atoms with Crippen LogP contribution in [0.2, 0.25) is 0 Å². The van der Waals surface area contributed by atoms with Gasteiger partial charge >= 0.3 is 0 Å². The summed E-state index contributed by atoms with van der Waals surface area (Å²) in [6.45, 7) is 0. The van der Waals surface area contributed by atoms with Gasteiger partial charge in [-0.05, 0) is 48.5 Å². The Labute approximate surface area is 140 Å². The van der Waals surface area contributed by atoms with Gasteiger partial charge in [-0.15, -0.1) is 0 Å². The van der Waals surface area contributed by atoms with Crippen LogP contribution in [0.3, 0.4) is 0 Å². The first-order valence-electron chi connectivity index (χ1n) is 7.59. The Hall–Kier alpha value is -3.40. The van der Waals surface area contributed by atoms with Gasteiger partial charge in [-0.3, -0.25) is 9.97 Å². The Bertz CT molecular complexity index is 805. The minimum absolute atomic E-state index is 0.322. The Balaban J connectivity index is 0.000000203. The number of rotatable bonds is 2. The summed E-state index contributed by atoms with van der Waals surface area (Å²) in [5.74, 6) is 0.322. The van der Waals surface area contributed by atoms with Crippen LogP contribution < -0.4 is 0 Å². The van der Waals surface area contributed by atoms with Crippen molar-refractivity contribution in [2.24, 2.45) is 0 Å². The van der Waals surface area contributed by atoms with Crippen LogP contribution in [0.25, 0.3) is 22.8 Å². The lowest BCUT2D eigenvalue weighted by Crippen LogP contribution is -1.84. The predicted octanol–water partition coefficient (Wildman–Crippen LogP) is 4.53. The number of aromatic nitrogens is 3. The van der Waals surface area contributed by atoms with Crippen molar-refractivity contribution in [1.29, 1.82) is 0 Å². The van der Waals surface area contributed by atoms with Gasteiger partial charge < -0.3 is 10.1 Å². The number of hydrogen-bond acceptors (Lipinski definition) is 3. The fraction of sp³-hybridized carbons (Fsp3) is 0. The van der Waals surface area contributed by atoms with E-state index in [1.807, 2.05) is 54.6 Å². The predicted molar refractivity (Wildman–Crippen MR) is 95.4 cm³/mol. The Morgan fingerprint density at radius 3 is 1.46 bits per heavy atom. The van der Waals surface area contributed by atoms with Crippen molar-refractivity contribution in [1.82, 2.24) is 15.0 Å². The average Bonchev–Trinajstić information content (AvgIpc) is 3.15. The van der Waals surface area contributed by atoms with E-state index in [0.29, 0.717) is 5.75 Å². The number of phenols is 1. The number of nitrogens with zero attached hydrogens (tertiary/aromatic N) is 2. The highest BCUT2D eigenvalue weighted by molar-refractivity contribution is 5.63. The second-order valence-corrected chi connectivity index (χ2v) is 5.05. The van der Waals surface area contributed by atoms with E-state index in [1.54, 1.807) is 36.7 Å². The molecule has 4 heteroatoms. The van der Waals surface area contributed by atoms with Crippen LogP contribution in [0.15, 0.2) is 91.3 Å². The SMILES string of the molecule is Oc1ccccc1.c1ccc(-c2ccc(-c3ccccn3)[nH]2)nc1. The minimum Gasteiger partial charge on any atom is -0.508 e. The highest BCUT2D eigenvalue weighted by atomic mass is 16.3. The van der Waals surface area contributed by atoms with Gasteiger partial charge in [0.1, 0.15) is 5.75 Å². The average molecular weight is 315 g/mol. The van der Waals surface area contributed by atoms with Gasteiger partial charge in [-0.25, -0.2) is 0 Å². The molecule has 4 rings (SSSR count). The van der Waals surface area contributed by atoms with Crippen molar-refractivity contribution in [2.45, 2.75) is 0 Å². The van der Waals surface area contributed by atoms with Crippen LogP contribution in [0.5, 0.6) is 5.75 Å². The molecule has 0 spiro atoms. The molecule has 0 saturated carbocycles. The number of hydrogen-bond donors (Lipinski definition) is 2. The molecule has 0 atom stereocenters. The summed E-state index contributed by atoms with van der Waals surface area (Å²) in [6.07, 6.45) is 3.58. The summed E-state index contributed by atoms with van der Waals surface area (Å²) >= 11 is 0. The summed E-state index contributed by atoms with van der Waals surface area (Å²) < 4.78 is 0. The van der Waals surface area contributed by atoms with Crippen LogP contribution in [0.1, 0.15) is 0 Å². The lowest BCUT2D eigenvalue weighted by atomic mass is 10.3. The maximum Gasteiger partial charge on any atom is 0.115 e. The van der Waals surface area contributed by atoms with E-state index < -0.39 is 0 Å². The molecule has 0 bridgehead atoms. The van der Waals surface area contributed by atoms with Crippen LogP contribution in [-0.4, -0.2) is 20.1 Å². The maximum atomic E-state index is 8.63. The zero-order valence-electron chi connectivity index (χ0n) is 13.0. The van der Waals surface area contributed by atoms with E-state index in [0.717, 1.165) is 22.8 Å². The van der Waals surface area contributed by atoms with Crippen molar-refractivity contribution in [3.05, 3.63) is 91.3 Å². The molecule has 4 nitrogen and oxygen atoms in total. The summed E-state index contributed by atoms with van der Waals surface area (Å²) in [6, 6.07) is 24.5. The van der Waals surface area contributed by atoms with E-state index in [2.05, 4.69) is 15.0 Å². The van der Waals surface area contributed by atoms with Gasteiger partial charge in [-0.1, -0.05) is 30.3 Å². The number of benzene rings is 1. The van der Waals surface area contributed by atoms with Crippen LogP contribution >= 0.6 is 0 Å². The number of phenolic OH excluding ortho intramolecular Hbond substituents is 1. The topological polar surface area (TPSA) is 61.8 Å². The van der Waals surface area contributed by atoms with Gasteiger partial charge in [0.25, 0.3) is 0 Å². The van der Waals surface area contributed by atoms with Gasteiger partial charge in [0.15, 0.2) is 0 Å². The number of pyridine rings is 2. The Morgan fingerprint density at radius 2 is 1.08 bits per heavy atom. The zero-order valence-corrected chi connectivity index (χ0v) is 13.0. The van der Waals surface area contributed by atoms with Crippen LogP contribution in [-0.2, 0) is 0 Å². The second-order valence-electron chi connectivity index (χ2n) is 5.05. The number of H-pyrrole nitrogens is 1. The molecule has 0 radical (unpaired) electrons. The summed E-state index contributed by atoms with van der Waals surface area (Å²) in [5.41, 5.74) is 3.89. The second kappa shape index (κ2) is 7.74. The highest BCUT2D eigenvalue weighted by Crippen LogP contribution is 2.21. The molecule has 0 aliphatic rings. The fourth-order valence-electron chi connectivity index (χ4n) is 2.17. The molecule has 0 unspecified atom stereocenters. The van der Waals surface area contributed by atoms with Gasteiger partial charge in [0.05, 0.1) is 22.8 Å². The van der Waals surface area contributed by atoms with Crippen molar-refractivity contribution in [3.63, 3.8) is 0 Å². The van der Waals surface area contributed by atoms with Crippen molar-refractivity contribution < 1.29 is 5.11 Å². The molecular formula is C20H17N3O. The molecular weight excluding hydrogens is 298 g/mol. The first-order valence-corrected chi connectivity index (χ1v) is 7.59. The molecule has 0 amide bonds. The number of nitrogens with one attached hydrogen (secondary N) is 1. The molecule has 24 heavy (non-hydrogen) atoms. The van der Waals surface area contributed by atoms with Crippen molar-refractivity contribution in [2.75, 3.05) is 0 Å². The van der Waals surface area contributed by atoms with Crippen LogP contribution in [0, 0.1) is 0 Å². The lowest BCUT2D eigenvalue weighted by molar-refractivity contribution is 0.475. The van der Waals surface area contributed by atoms with E-state index >= 15 is 0 Å². The fourth-order valence-corrected chi connectivity index (χ4v) is 2.17. The number of para-hydroxylation sites is 1. The lowest BCUT2D eigenvalue weighted by Gasteiger charge is -1.97. The number of aromatic hydroxyl groups is 1. The third-order valence-electron chi connectivity index (χ3n) is 3.32. The highest BCUT2D eigenvalue weighted by Gasteiger charge is 2.04. The molecule has 118 valence electrons. The number of aromatic amines is 1. The van der Waals surface area contributed by atoms with E-state index in [1.165, 1.54) is 0 Å². The molecule has 0 aliphatic carbocycles. The normalized spacial score (nSPS) is 9.83. The standard InChI is InChI=1S/C14H11N3.C6H6O/c1-3-9-15-11(5-1)13-7-8-14(17-13)12-6-2-4-10-16-12;7-6-4-2-1-3-5-6/h1-10,17H;1-5,7H. The largest absolute Gasteiger partial charge is 0.508 e. The Kier molecular flexibility index (Phi) is 5.00. The molecule has 0 saturated heterocycles. The van der Waals surface area contributed by atoms with E-state index in [9.17, 15) is 0 Å². The van der Waals surface area contributed by atoms with Crippen LogP contribution in [0.4, 0.5) is 0 Å². The molecule has 3 heterocycles. The first kappa shape index (κ1) is 15.5. The smallest absolute Gasteiger partial charge is 0.115 e. The maximum absolute atomic E-state index is 8.63. The van der Waals surface area contributed by atoms with E-state index in [-0.39, 0.29) is 0 Å². The van der Waals surface area contributed by atoms with E-state index in [4.69, 9.17) is 5.11 Å². The molecule has 3 aromatic heterocycles. The van der Waals surface area contributed by atoms with Gasteiger partial charge in [-0.2, -0.15) is 0 Å². The molecule has 0 fully saturated rings. The first-order chi connectivity index (χ1) is 11.8. The zero-order chi connectivity index (χ0) is 16.6. The van der Waals surface area contributed by atoms with Gasteiger partial charge in [0, 0.05) is 12.4 Å². The summed E-state index contributed by atoms with van der Waals surface area (Å²) in [7, 11) is 0. The molecule has 4 aromatic rings. The Morgan fingerprint density at radius 1 is 0.583 bits per heavy atom. The third kappa shape index (κ3) is 4.08. The monoisotopic (exact) mass is 315 g/mol. The van der Waals surface area contributed by atoms with Crippen molar-refractivity contribution >= 4 is 0 Å². The third-order valence-corrected chi connectivity index (χ3v) is 3.32. The molecule has 2 N–H and O–H groups in total. The summed E-state index contributed by atoms with van der Waals surface area (Å²) in [4.78, 5) is 11.9. The summed E-state index contributed by atoms with van der Waals surface area (Å²) in [5, 5.41) is 8.63. The van der Waals surface area contributed by atoms with Crippen molar-refractivity contribution in [3.8, 4) is 28.5 Å². The minimum atomic E-state index is 0.322. The molecule has 0 aliphatic heterocycles. The molecule has 1 aromatic carbocycles. The quantitative estimate of drug-likeness (QED) is 0.571. The van der Waals surface area contributed by atoms with Gasteiger partial charge in [0.2, 0.25) is 0 Å².